The molecule has 1 aliphatic heterocycles. The van der Waals surface area contributed by atoms with Gasteiger partial charge in [0, 0.05) is 25.6 Å². The van der Waals surface area contributed by atoms with Gasteiger partial charge in [0.25, 0.3) is 0 Å². The van der Waals surface area contributed by atoms with Crippen LogP contribution in [0.1, 0.15) is 63.9 Å². The van der Waals surface area contributed by atoms with Gasteiger partial charge in [0.1, 0.15) is 6.04 Å². The molecular weight excluding hydrogens is 442 g/mol. The first-order valence-electron chi connectivity index (χ1n) is 13.1. The SMILES string of the molecule is CC(C(=O)NC1CCCCC1)N(CCc1ccccc1)C(=O)CCN1C(=O)[C@H]2CC=CC[C@H]2C1=O. The van der Waals surface area contributed by atoms with E-state index in [9.17, 15) is 19.2 Å². The lowest BCUT2D eigenvalue weighted by Gasteiger charge is -2.31. The number of allylic oxidation sites excluding steroid dienone is 2. The van der Waals surface area contributed by atoms with Crippen LogP contribution in [-0.4, -0.2) is 58.6 Å². The lowest BCUT2D eigenvalue weighted by atomic mass is 9.85. The van der Waals surface area contributed by atoms with Gasteiger partial charge < -0.3 is 10.2 Å². The second-order valence-electron chi connectivity index (χ2n) is 10.1. The second-order valence-corrected chi connectivity index (χ2v) is 10.1. The zero-order chi connectivity index (χ0) is 24.8. The molecule has 1 aromatic rings. The fraction of sp³-hybridized carbons (Fsp3) is 0.571. The maximum absolute atomic E-state index is 13.4. The van der Waals surface area contributed by atoms with E-state index in [1.165, 1.54) is 11.3 Å². The lowest BCUT2D eigenvalue weighted by Crippen LogP contribution is -2.51. The first-order chi connectivity index (χ1) is 17.0. The minimum absolute atomic E-state index is 0.0280. The van der Waals surface area contributed by atoms with Crippen molar-refractivity contribution in [1.82, 2.24) is 15.1 Å². The topological polar surface area (TPSA) is 86.8 Å². The second kappa shape index (κ2) is 11.6. The molecule has 7 heteroatoms. The predicted octanol–water partition coefficient (Wildman–Crippen LogP) is 3.24. The maximum atomic E-state index is 13.4. The molecule has 3 atom stereocenters. The number of carbonyl (C=O) groups is 4. The Bertz CT molecular complexity index is 928. The number of nitrogens with zero attached hydrogens (tertiary/aromatic N) is 2. The third-order valence-corrected chi connectivity index (χ3v) is 7.75. The first-order valence-corrected chi connectivity index (χ1v) is 13.1. The van der Waals surface area contributed by atoms with Crippen LogP contribution in [0.4, 0.5) is 0 Å². The quantitative estimate of drug-likeness (QED) is 0.435. The number of likely N-dealkylation sites (tertiary alicyclic amines) is 1. The van der Waals surface area contributed by atoms with Crippen LogP contribution >= 0.6 is 0 Å². The van der Waals surface area contributed by atoms with Gasteiger partial charge >= 0.3 is 0 Å². The summed E-state index contributed by atoms with van der Waals surface area (Å²) in [5.41, 5.74) is 1.09. The maximum Gasteiger partial charge on any atom is 0.242 e. The molecule has 35 heavy (non-hydrogen) atoms. The fourth-order valence-electron chi connectivity index (χ4n) is 5.58. The molecule has 1 saturated heterocycles. The number of carbonyl (C=O) groups excluding carboxylic acids is 4. The van der Waals surface area contributed by atoms with Gasteiger partial charge in [0.15, 0.2) is 0 Å². The Hall–Kier alpha value is -2.96. The van der Waals surface area contributed by atoms with Crippen molar-refractivity contribution in [1.29, 1.82) is 0 Å². The van der Waals surface area contributed by atoms with E-state index in [0.29, 0.717) is 25.8 Å². The average Bonchev–Trinajstić information content (AvgIpc) is 3.13. The summed E-state index contributed by atoms with van der Waals surface area (Å²) in [5, 5.41) is 3.14. The number of nitrogens with one attached hydrogen (secondary N) is 1. The summed E-state index contributed by atoms with van der Waals surface area (Å²) in [5.74, 6) is -1.27. The van der Waals surface area contributed by atoms with Crippen LogP contribution in [0.25, 0.3) is 0 Å². The largest absolute Gasteiger partial charge is 0.352 e. The third kappa shape index (κ3) is 6.00. The highest BCUT2D eigenvalue weighted by atomic mass is 16.2. The van der Waals surface area contributed by atoms with Crippen molar-refractivity contribution in [3.63, 3.8) is 0 Å². The van der Waals surface area contributed by atoms with Gasteiger partial charge in [-0.1, -0.05) is 61.7 Å². The number of benzene rings is 1. The first kappa shape index (κ1) is 25.1. The average molecular weight is 480 g/mol. The smallest absolute Gasteiger partial charge is 0.242 e. The Kier molecular flexibility index (Phi) is 8.37. The molecule has 1 heterocycles. The normalized spacial score (nSPS) is 23.2. The molecule has 3 aliphatic rings. The number of rotatable bonds is 9. The van der Waals surface area contributed by atoms with Crippen molar-refractivity contribution in [3.8, 4) is 0 Å². The monoisotopic (exact) mass is 479 g/mol. The Morgan fingerprint density at radius 2 is 1.63 bits per heavy atom. The van der Waals surface area contributed by atoms with Crippen LogP contribution in [0.15, 0.2) is 42.5 Å². The van der Waals surface area contributed by atoms with Crippen molar-refractivity contribution in [2.45, 2.75) is 76.8 Å². The highest BCUT2D eigenvalue weighted by Gasteiger charge is 2.47. The molecule has 0 spiro atoms. The number of amides is 4. The molecule has 188 valence electrons. The lowest BCUT2D eigenvalue weighted by molar-refractivity contribution is -0.143. The zero-order valence-corrected chi connectivity index (χ0v) is 20.7. The van der Waals surface area contributed by atoms with E-state index in [-0.39, 0.29) is 54.5 Å². The highest BCUT2D eigenvalue weighted by molar-refractivity contribution is 6.05. The van der Waals surface area contributed by atoms with E-state index in [2.05, 4.69) is 5.32 Å². The summed E-state index contributed by atoms with van der Waals surface area (Å²) < 4.78 is 0. The van der Waals surface area contributed by atoms with E-state index in [4.69, 9.17) is 0 Å². The van der Waals surface area contributed by atoms with E-state index < -0.39 is 6.04 Å². The standard InChI is InChI=1S/C28H37N3O4/c1-20(26(33)29-22-12-6-3-7-13-22)30(18-16-21-10-4-2-5-11-21)25(32)17-19-31-27(34)23-14-8-9-15-24(23)28(31)35/h2,4-5,8-11,20,22-24H,3,6-7,12-19H2,1H3,(H,29,33)/t20?,23-,24+. The predicted molar refractivity (Wildman–Crippen MR) is 133 cm³/mol. The molecule has 0 radical (unpaired) electrons. The summed E-state index contributed by atoms with van der Waals surface area (Å²) in [6, 6.07) is 9.43. The van der Waals surface area contributed by atoms with Gasteiger partial charge in [0.2, 0.25) is 23.6 Å². The van der Waals surface area contributed by atoms with Crippen molar-refractivity contribution in [2.24, 2.45) is 11.8 Å². The van der Waals surface area contributed by atoms with Crippen molar-refractivity contribution in [3.05, 3.63) is 48.0 Å². The van der Waals surface area contributed by atoms with E-state index in [1.807, 2.05) is 42.5 Å². The molecular formula is C28H37N3O4. The van der Waals surface area contributed by atoms with Crippen molar-refractivity contribution in [2.75, 3.05) is 13.1 Å². The van der Waals surface area contributed by atoms with Gasteiger partial charge in [-0.15, -0.1) is 0 Å². The Labute approximate surface area is 207 Å². The molecule has 1 N–H and O–H groups in total. The number of imide groups is 1. The molecule has 4 rings (SSSR count). The zero-order valence-electron chi connectivity index (χ0n) is 20.7. The van der Waals surface area contributed by atoms with Crippen LogP contribution in [0.2, 0.25) is 0 Å². The van der Waals surface area contributed by atoms with Gasteiger partial charge in [-0.2, -0.15) is 0 Å². The Morgan fingerprint density at radius 3 is 2.26 bits per heavy atom. The van der Waals surface area contributed by atoms with Crippen LogP contribution in [-0.2, 0) is 25.6 Å². The molecule has 0 aromatic heterocycles. The van der Waals surface area contributed by atoms with Crippen molar-refractivity contribution >= 4 is 23.6 Å². The van der Waals surface area contributed by atoms with Crippen LogP contribution < -0.4 is 5.32 Å². The summed E-state index contributed by atoms with van der Waals surface area (Å²) in [6.45, 7) is 2.24. The number of hydrogen-bond acceptors (Lipinski definition) is 4. The van der Waals surface area contributed by atoms with Gasteiger partial charge in [-0.25, -0.2) is 0 Å². The van der Waals surface area contributed by atoms with E-state index in [1.54, 1.807) is 11.8 Å². The molecule has 2 aliphatic carbocycles. The molecule has 1 unspecified atom stereocenters. The fourth-order valence-corrected chi connectivity index (χ4v) is 5.58. The van der Waals surface area contributed by atoms with E-state index in [0.717, 1.165) is 31.2 Å². The van der Waals surface area contributed by atoms with Crippen LogP contribution in [0.5, 0.6) is 0 Å². The molecule has 1 aromatic carbocycles. The summed E-state index contributed by atoms with van der Waals surface area (Å²) in [4.78, 5) is 54.9. The van der Waals surface area contributed by atoms with Gasteiger partial charge in [0.05, 0.1) is 11.8 Å². The van der Waals surface area contributed by atoms with Gasteiger partial charge in [-0.3, -0.25) is 24.1 Å². The van der Waals surface area contributed by atoms with Crippen LogP contribution in [0.3, 0.4) is 0 Å². The molecule has 0 bridgehead atoms. The van der Waals surface area contributed by atoms with Gasteiger partial charge in [-0.05, 0) is 44.6 Å². The number of fused-ring (bicyclic) bond motifs is 1. The molecule has 1 saturated carbocycles. The Balaban J connectivity index is 1.40. The Morgan fingerprint density at radius 1 is 1.00 bits per heavy atom. The minimum atomic E-state index is -0.620. The third-order valence-electron chi connectivity index (χ3n) is 7.75. The number of hydrogen-bond donors (Lipinski definition) is 1. The van der Waals surface area contributed by atoms with E-state index >= 15 is 0 Å². The summed E-state index contributed by atoms with van der Waals surface area (Å²) in [6.07, 6.45) is 11.1. The highest BCUT2D eigenvalue weighted by Crippen LogP contribution is 2.35. The molecule has 4 amide bonds. The summed E-state index contributed by atoms with van der Waals surface area (Å²) >= 11 is 0. The van der Waals surface area contributed by atoms with Crippen molar-refractivity contribution < 1.29 is 19.2 Å². The molecule has 7 nitrogen and oxygen atoms in total. The summed E-state index contributed by atoms with van der Waals surface area (Å²) in [7, 11) is 0. The molecule has 2 fully saturated rings. The minimum Gasteiger partial charge on any atom is -0.352 e. The van der Waals surface area contributed by atoms with Crippen LogP contribution in [0, 0.1) is 11.8 Å².